The Balaban J connectivity index is 2.12. The lowest BCUT2D eigenvalue weighted by Crippen LogP contribution is -2.15. The number of hydrogen-bond donors (Lipinski definition) is 0. The first-order valence-corrected chi connectivity index (χ1v) is 8.16. The molecule has 0 radical (unpaired) electrons. The van der Waals surface area contributed by atoms with Crippen LogP contribution in [-0.4, -0.2) is 51.6 Å². The molecule has 0 spiro atoms. The number of nitrogens with zero attached hydrogens (tertiary/aromatic N) is 2. The van der Waals surface area contributed by atoms with Crippen molar-refractivity contribution in [1.82, 2.24) is 0 Å². The van der Waals surface area contributed by atoms with Gasteiger partial charge in [0, 0.05) is 25.7 Å². The van der Waals surface area contributed by atoms with Crippen molar-refractivity contribution in [2.24, 2.45) is 0 Å². The number of nitro groups is 1. The highest BCUT2D eigenvalue weighted by molar-refractivity contribution is 6.00. The second-order valence-electron chi connectivity index (χ2n) is 5.92. The van der Waals surface area contributed by atoms with Crippen LogP contribution in [0, 0.1) is 10.1 Å². The Labute approximate surface area is 161 Å². The van der Waals surface area contributed by atoms with Crippen molar-refractivity contribution in [1.29, 1.82) is 0 Å². The average molecular weight is 388 g/mol. The summed E-state index contributed by atoms with van der Waals surface area (Å²) in [4.78, 5) is 36.7. The van der Waals surface area contributed by atoms with Crippen molar-refractivity contribution < 1.29 is 28.7 Å². The molecule has 0 fully saturated rings. The molecular formula is C19H20N2O7. The van der Waals surface area contributed by atoms with E-state index in [9.17, 15) is 19.7 Å². The van der Waals surface area contributed by atoms with Crippen LogP contribution in [0.4, 0.5) is 11.4 Å². The quantitative estimate of drug-likeness (QED) is 0.294. The molecule has 9 heteroatoms. The fraction of sp³-hybridized carbons (Fsp3) is 0.263. The fourth-order valence-corrected chi connectivity index (χ4v) is 2.48. The minimum atomic E-state index is -0.831. The van der Waals surface area contributed by atoms with Gasteiger partial charge in [0.1, 0.15) is 5.69 Å². The Morgan fingerprint density at radius 2 is 1.64 bits per heavy atom. The molecule has 0 N–H and O–H groups in total. The van der Waals surface area contributed by atoms with Gasteiger partial charge >= 0.3 is 5.97 Å². The summed E-state index contributed by atoms with van der Waals surface area (Å²) in [5.41, 5.74) is 0.380. The van der Waals surface area contributed by atoms with Crippen LogP contribution in [0.2, 0.25) is 0 Å². The number of Topliss-reactive ketones (excluding diaryl/α,β-unsaturated/α-hetero) is 1. The number of ether oxygens (including phenoxy) is 3. The zero-order chi connectivity index (χ0) is 20.8. The summed E-state index contributed by atoms with van der Waals surface area (Å²) >= 11 is 0. The van der Waals surface area contributed by atoms with Crippen molar-refractivity contribution >= 4 is 23.1 Å². The minimum absolute atomic E-state index is 0.0163. The Kier molecular flexibility index (Phi) is 6.54. The second-order valence-corrected chi connectivity index (χ2v) is 5.92. The number of hydrogen-bond acceptors (Lipinski definition) is 8. The van der Waals surface area contributed by atoms with Crippen LogP contribution < -0.4 is 14.4 Å². The third-order valence-electron chi connectivity index (χ3n) is 3.93. The van der Waals surface area contributed by atoms with Gasteiger partial charge in [-0.2, -0.15) is 0 Å². The molecule has 0 amide bonds. The molecule has 0 unspecified atom stereocenters. The number of benzene rings is 2. The summed E-state index contributed by atoms with van der Waals surface area (Å²) in [5.74, 6) is -0.449. The Morgan fingerprint density at radius 1 is 1.00 bits per heavy atom. The Morgan fingerprint density at radius 3 is 2.21 bits per heavy atom. The van der Waals surface area contributed by atoms with Crippen LogP contribution in [0.5, 0.6) is 11.5 Å². The van der Waals surface area contributed by atoms with Gasteiger partial charge in [0.05, 0.1) is 24.7 Å². The maximum absolute atomic E-state index is 12.3. The fourth-order valence-electron chi connectivity index (χ4n) is 2.48. The lowest BCUT2D eigenvalue weighted by atomic mass is 10.1. The molecule has 2 aromatic carbocycles. The lowest BCUT2D eigenvalue weighted by molar-refractivity contribution is -0.384. The van der Waals surface area contributed by atoms with Crippen molar-refractivity contribution in [3.8, 4) is 11.5 Å². The molecule has 0 saturated carbocycles. The number of rotatable bonds is 8. The molecule has 0 saturated heterocycles. The van der Waals surface area contributed by atoms with Crippen molar-refractivity contribution in [3.05, 3.63) is 57.6 Å². The number of anilines is 1. The number of carbonyl (C=O) groups excluding carboxylic acids is 2. The van der Waals surface area contributed by atoms with E-state index >= 15 is 0 Å². The van der Waals surface area contributed by atoms with Crippen LogP contribution in [0.1, 0.15) is 20.7 Å². The monoisotopic (exact) mass is 388 g/mol. The molecule has 0 aliphatic rings. The largest absolute Gasteiger partial charge is 0.493 e. The predicted molar refractivity (Wildman–Crippen MR) is 102 cm³/mol. The van der Waals surface area contributed by atoms with Crippen LogP contribution in [-0.2, 0) is 4.74 Å². The normalized spacial score (nSPS) is 10.1. The van der Waals surface area contributed by atoms with Gasteiger partial charge in [-0.1, -0.05) is 0 Å². The summed E-state index contributed by atoms with van der Waals surface area (Å²) in [7, 11) is 6.22. The molecule has 9 nitrogen and oxygen atoms in total. The molecule has 0 aliphatic heterocycles. The summed E-state index contributed by atoms with van der Waals surface area (Å²) in [6.07, 6.45) is 0. The molecule has 2 rings (SSSR count). The summed E-state index contributed by atoms with van der Waals surface area (Å²) in [6, 6.07) is 8.55. The number of carbonyl (C=O) groups is 2. The molecular weight excluding hydrogens is 368 g/mol. The number of ketones is 1. The van der Waals surface area contributed by atoms with Crippen molar-refractivity contribution in [2.45, 2.75) is 0 Å². The first-order chi connectivity index (χ1) is 13.3. The van der Waals surface area contributed by atoms with Crippen molar-refractivity contribution in [3.63, 3.8) is 0 Å². The van der Waals surface area contributed by atoms with Gasteiger partial charge in [0.2, 0.25) is 0 Å². The predicted octanol–water partition coefficient (Wildman–Crippen LogP) is 2.72. The average Bonchev–Trinajstić information content (AvgIpc) is 2.70. The molecule has 0 bridgehead atoms. The van der Waals surface area contributed by atoms with Gasteiger partial charge in [-0.3, -0.25) is 14.9 Å². The van der Waals surface area contributed by atoms with Gasteiger partial charge in [0.15, 0.2) is 23.9 Å². The van der Waals surface area contributed by atoms with Gasteiger partial charge in [-0.15, -0.1) is 0 Å². The van der Waals surface area contributed by atoms with E-state index in [0.29, 0.717) is 17.2 Å². The molecule has 0 heterocycles. The Bertz CT molecular complexity index is 909. The summed E-state index contributed by atoms with van der Waals surface area (Å²) in [6.45, 7) is -0.516. The zero-order valence-corrected chi connectivity index (χ0v) is 15.9. The SMILES string of the molecule is COc1ccc(C(=O)COC(=O)c2ccc(N(C)C)c([N+](=O)[O-])c2)cc1OC. The maximum Gasteiger partial charge on any atom is 0.338 e. The van der Waals surface area contributed by atoms with Crippen molar-refractivity contribution in [2.75, 3.05) is 39.8 Å². The third kappa shape index (κ3) is 4.56. The van der Waals surface area contributed by atoms with Crippen LogP contribution in [0.25, 0.3) is 0 Å². The van der Waals surface area contributed by atoms with Gasteiger partial charge in [-0.25, -0.2) is 4.79 Å². The van der Waals surface area contributed by atoms with Crippen LogP contribution in [0.3, 0.4) is 0 Å². The van der Waals surface area contributed by atoms with E-state index in [0.717, 1.165) is 6.07 Å². The van der Waals surface area contributed by atoms with Crippen LogP contribution in [0.15, 0.2) is 36.4 Å². The van der Waals surface area contributed by atoms with E-state index in [1.165, 1.54) is 38.5 Å². The smallest absolute Gasteiger partial charge is 0.338 e. The van der Waals surface area contributed by atoms with Gasteiger partial charge in [-0.05, 0) is 30.3 Å². The Hall–Kier alpha value is -3.62. The highest BCUT2D eigenvalue weighted by Gasteiger charge is 2.20. The number of nitro benzene ring substituents is 1. The first-order valence-electron chi connectivity index (χ1n) is 8.16. The standard InChI is InChI=1S/C19H20N2O7/c1-20(2)14-7-5-13(9-15(14)21(24)25)19(23)28-11-16(22)12-6-8-17(26-3)18(10-12)27-4/h5-10H,11H2,1-4H3. The molecule has 28 heavy (non-hydrogen) atoms. The molecule has 2 aromatic rings. The van der Waals surface area contributed by atoms with E-state index in [1.54, 1.807) is 25.1 Å². The van der Waals surface area contributed by atoms with E-state index in [4.69, 9.17) is 14.2 Å². The molecule has 0 aromatic heterocycles. The molecule has 148 valence electrons. The van der Waals surface area contributed by atoms with Gasteiger partial charge < -0.3 is 19.1 Å². The minimum Gasteiger partial charge on any atom is -0.493 e. The topological polar surface area (TPSA) is 108 Å². The first kappa shape index (κ1) is 20.7. The van der Waals surface area contributed by atoms with Crippen LogP contribution >= 0.6 is 0 Å². The lowest BCUT2D eigenvalue weighted by Gasteiger charge is -2.13. The second kappa shape index (κ2) is 8.85. The van der Waals surface area contributed by atoms with E-state index in [1.807, 2.05) is 0 Å². The molecule has 0 atom stereocenters. The maximum atomic E-state index is 12.3. The van der Waals surface area contributed by atoms with E-state index in [2.05, 4.69) is 0 Å². The highest BCUT2D eigenvalue weighted by Crippen LogP contribution is 2.29. The molecule has 0 aliphatic carbocycles. The third-order valence-corrected chi connectivity index (χ3v) is 3.93. The highest BCUT2D eigenvalue weighted by atomic mass is 16.6. The van der Waals surface area contributed by atoms with E-state index < -0.39 is 23.3 Å². The van der Waals surface area contributed by atoms with Gasteiger partial charge in [0.25, 0.3) is 5.69 Å². The number of esters is 1. The number of methoxy groups -OCH3 is 2. The summed E-state index contributed by atoms with van der Waals surface area (Å²) < 4.78 is 15.3. The summed E-state index contributed by atoms with van der Waals surface area (Å²) in [5, 5.41) is 11.2. The zero-order valence-electron chi connectivity index (χ0n) is 15.9. The van der Waals surface area contributed by atoms with E-state index in [-0.39, 0.29) is 16.8 Å².